The van der Waals surface area contributed by atoms with E-state index < -0.39 is 45.1 Å². The van der Waals surface area contributed by atoms with Gasteiger partial charge < -0.3 is 25.2 Å². The van der Waals surface area contributed by atoms with Crippen molar-refractivity contribution >= 4 is 21.9 Å². The summed E-state index contributed by atoms with van der Waals surface area (Å²) < 4.78 is 76.6. The van der Waals surface area contributed by atoms with Crippen LogP contribution < -0.4 is 15.4 Å². The topological polar surface area (TPSA) is 79.8 Å². The van der Waals surface area contributed by atoms with Crippen LogP contribution in [0.15, 0.2) is 47.4 Å². The third kappa shape index (κ3) is 4.70. The quantitative estimate of drug-likeness (QED) is 0.548. The second kappa shape index (κ2) is 6.71. The fourth-order valence-corrected chi connectivity index (χ4v) is 4.11. The Morgan fingerprint density at radius 2 is 1.81 bits per heavy atom. The zero-order chi connectivity index (χ0) is 22.5. The number of rotatable bonds is 5. The highest BCUT2D eigenvalue weighted by Gasteiger charge is 2.65. The van der Waals surface area contributed by atoms with Crippen LogP contribution >= 0.6 is 10.2 Å². The first kappa shape index (κ1) is 21.7. The third-order valence-electron chi connectivity index (χ3n) is 5.06. The van der Waals surface area contributed by atoms with Crippen LogP contribution in [0.1, 0.15) is 17.2 Å². The van der Waals surface area contributed by atoms with E-state index in [9.17, 15) is 29.3 Å². The number of anilines is 1. The van der Waals surface area contributed by atoms with E-state index in [-0.39, 0.29) is 31.1 Å². The number of aliphatic hydroxyl groups is 1. The van der Waals surface area contributed by atoms with Gasteiger partial charge in [-0.25, -0.2) is 4.79 Å². The Morgan fingerprint density at radius 1 is 1.10 bits per heavy atom. The van der Waals surface area contributed by atoms with Crippen molar-refractivity contribution in [2.45, 2.75) is 29.6 Å². The SMILES string of the molecule is O=C(Nc1cc(S(F)(F)(F)(F)F)ccc1OC1COC1)NC1Cc2ccccc2C1O. The Bertz CT molecular complexity index is 1030. The van der Waals surface area contributed by atoms with Gasteiger partial charge in [0.1, 0.15) is 16.7 Å². The molecule has 2 aliphatic rings. The van der Waals surface area contributed by atoms with Crippen LogP contribution in [0.4, 0.5) is 29.9 Å². The molecule has 1 saturated heterocycles. The minimum Gasteiger partial charge on any atom is -0.483 e. The van der Waals surface area contributed by atoms with Crippen LogP contribution in [0, 0.1) is 0 Å². The number of ether oxygens (including phenoxy) is 2. The van der Waals surface area contributed by atoms with Crippen molar-refractivity contribution in [2.75, 3.05) is 18.5 Å². The van der Waals surface area contributed by atoms with Gasteiger partial charge in [0.25, 0.3) is 0 Å². The van der Waals surface area contributed by atoms with Crippen molar-refractivity contribution in [3.05, 3.63) is 53.6 Å². The van der Waals surface area contributed by atoms with E-state index in [1.165, 1.54) is 0 Å². The summed E-state index contributed by atoms with van der Waals surface area (Å²) in [5.74, 6) is -0.204. The molecule has 3 N–H and O–H groups in total. The minimum absolute atomic E-state index is 0.149. The van der Waals surface area contributed by atoms with Crippen LogP contribution in [0.2, 0.25) is 0 Å². The predicted molar refractivity (Wildman–Crippen MR) is 104 cm³/mol. The lowest BCUT2D eigenvalue weighted by Crippen LogP contribution is -2.41. The Hall–Kier alpha value is -2.57. The fourth-order valence-electron chi connectivity index (χ4n) is 3.44. The molecule has 0 aromatic heterocycles. The van der Waals surface area contributed by atoms with Crippen LogP contribution in [0.5, 0.6) is 5.75 Å². The van der Waals surface area contributed by atoms with Crippen molar-refractivity contribution in [3.8, 4) is 5.75 Å². The van der Waals surface area contributed by atoms with Gasteiger partial charge in [-0.15, -0.1) is 0 Å². The lowest BCUT2D eigenvalue weighted by atomic mass is 10.1. The maximum atomic E-state index is 13.2. The molecule has 0 radical (unpaired) electrons. The molecular weight excluding hydrogens is 447 g/mol. The van der Waals surface area contributed by atoms with Gasteiger partial charge in [0, 0.05) is 0 Å². The van der Waals surface area contributed by atoms with Crippen molar-refractivity contribution in [1.29, 1.82) is 0 Å². The summed E-state index contributed by atoms with van der Waals surface area (Å²) in [4.78, 5) is 10.3. The third-order valence-corrected chi connectivity index (χ3v) is 6.20. The van der Waals surface area contributed by atoms with Crippen molar-refractivity contribution in [2.24, 2.45) is 0 Å². The molecule has 31 heavy (non-hydrogen) atoms. The number of hydrogen-bond donors (Lipinski definition) is 3. The van der Waals surface area contributed by atoms with E-state index in [2.05, 4.69) is 10.6 Å². The number of carbonyl (C=O) groups excluding carboxylic acids is 1. The first-order chi connectivity index (χ1) is 14.3. The average molecular weight is 466 g/mol. The number of urea groups is 1. The lowest BCUT2D eigenvalue weighted by molar-refractivity contribution is -0.0794. The van der Waals surface area contributed by atoms with E-state index >= 15 is 0 Å². The minimum atomic E-state index is -9.97. The lowest BCUT2D eigenvalue weighted by Gasteiger charge is -2.40. The number of amides is 2. The molecule has 4 rings (SSSR count). The highest BCUT2D eigenvalue weighted by atomic mass is 32.5. The first-order valence-electron chi connectivity index (χ1n) is 9.26. The maximum Gasteiger partial charge on any atom is 0.319 e. The van der Waals surface area contributed by atoms with Gasteiger partial charge in [-0.2, -0.15) is 0 Å². The highest BCUT2D eigenvalue weighted by molar-refractivity contribution is 8.45. The molecule has 6 nitrogen and oxygen atoms in total. The number of fused-ring (bicyclic) bond motifs is 1. The van der Waals surface area contributed by atoms with Crippen molar-refractivity contribution < 1.29 is 38.8 Å². The van der Waals surface area contributed by atoms with Gasteiger partial charge in [0.15, 0.2) is 0 Å². The molecular formula is C19H19F5N2O4S. The largest absolute Gasteiger partial charge is 0.483 e. The second-order valence-electron chi connectivity index (χ2n) is 7.46. The summed E-state index contributed by atoms with van der Waals surface area (Å²) in [6.07, 6.45) is -1.18. The number of carbonyl (C=O) groups is 1. The van der Waals surface area contributed by atoms with E-state index in [0.29, 0.717) is 12.0 Å². The number of halogens is 5. The molecule has 2 aromatic rings. The smallest absolute Gasteiger partial charge is 0.319 e. The first-order valence-corrected chi connectivity index (χ1v) is 11.2. The maximum absolute atomic E-state index is 13.2. The Morgan fingerprint density at radius 3 is 2.42 bits per heavy atom. The summed E-state index contributed by atoms with van der Waals surface area (Å²) in [6, 6.07) is 6.38. The number of nitrogens with one attached hydrogen (secondary N) is 2. The molecule has 0 bridgehead atoms. The van der Waals surface area contributed by atoms with E-state index in [0.717, 1.165) is 11.6 Å². The molecule has 2 unspecified atom stereocenters. The number of benzene rings is 2. The van der Waals surface area contributed by atoms with Crippen molar-refractivity contribution in [3.63, 3.8) is 0 Å². The van der Waals surface area contributed by atoms with Crippen LogP contribution in [0.25, 0.3) is 0 Å². The normalized spacial score (nSPS) is 23.2. The zero-order valence-corrected chi connectivity index (χ0v) is 16.7. The molecule has 1 aliphatic carbocycles. The summed E-state index contributed by atoms with van der Waals surface area (Å²) in [5.41, 5.74) is 0.877. The highest BCUT2D eigenvalue weighted by Crippen LogP contribution is 3.02. The molecule has 2 amide bonds. The summed E-state index contributed by atoms with van der Waals surface area (Å²) in [6.45, 7) is 0.364. The molecule has 2 aromatic carbocycles. The Balaban J connectivity index is 1.55. The predicted octanol–water partition coefficient (Wildman–Crippen LogP) is 4.90. The van der Waals surface area contributed by atoms with Gasteiger partial charge in [0.2, 0.25) is 0 Å². The second-order valence-corrected chi connectivity index (χ2v) is 9.87. The van der Waals surface area contributed by atoms with E-state index in [1.807, 2.05) is 0 Å². The molecule has 2 atom stereocenters. The van der Waals surface area contributed by atoms with Gasteiger partial charge in [-0.3, -0.25) is 0 Å². The zero-order valence-electron chi connectivity index (χ0n) is 15.9. The van der Waals surface area contributed by atoms with Gasteiger partial charge in [0.05, 0.1) is 31.0 Å². The molecule has 0 spiro atoms. The van der Waals surface area contributed by atoms with Gasteiger partial charge in [-0.05, 0) is 35.7 Å². The Kier molecular flexibility index (Phi) is 4.69. The molecule has 1 aliphatic heterocycles. The van der Waals surface area contributed by atoms with Crippen molar-refractivity contribution in [1.82, 2.24) is 5.32 Å². The molecule has 170 valence electrons. The van der Waals surface area contributed by atoms with E-state index in [1.54, 1.807) is 24.3 Å². The van der Waals surface area contributed by atoms with Crippen LogP contribution in [-0.2, 0) is 11.2 Å². The number of aliphatic hydroxyl groups excluding tert-OH is 1. The van der Waals surface area contributed by atoms with Crippen LogP contribution in [-0.4, -0.2) is 36.5 Å². The monoisotopic (exact) mass is 466 g/mol. The summed E-state index contributed by atoms with van der Waals surface area (Å²) >= 11 is 0. The molecule has 1 heterocycles. The fraction of sp³-hybridized carbons (Fsp3) is 0.316. The Labute approximate surface area is 174 Å². The molecule has 0 saturated carbocycles. The van der Waals surface area contributed by atoms with Gasteiger partial charge >= 0.3 is 16.3 Å². The standard InChI is InChI=1S/C19H19F5N2O4S/c20-31(21,22,23,24)13-5-6-17(30-12-9-29-10-12)15(8-13)25-19(28)26-16-7-11-3-1-2-4-14(11)18(16)27/h1-6,8,12,16,18,27H,7,9-10H2,(H2,25,26,28). The van der Waals surface area contributed by atoms with Crippen LogP contribution in [0.3, 0.4) is 0 Å². The molecule has 12 heteroatoms. The summed E-state index contributed by atoms with van der Waals surface area (Å²) in [7, 11) is -9.97. The number of hydrogen-bond acceptors (Lipinski definition) is 4. The summed E-state index contributed by atoms with van der Waals surface area (Å²) in [5, 5.41) is 15.0. The van der Waals surface area contributed by atoms with Gasteiger partial charge in [-0.1, -0.05) is 43.7 Å². The van der Waals surface area contributed by atoms with E-state index in [4.69, 9.17) is 9.47 Å². The molecule has 1 fully saturated rings. The average Bonchev–Trinajstić information content (AvgIpc) is 2.93.